The van der Waals surface area contributed by atoms with Crippen LogP contribution in [0.25, 0.3) is 0 Å². The predicted octanol–water partition coefficient (Wildman–Crippen LogP) is 0.711. The summed E-state index contributed by atoms with van der Waals surface area (Å²) in [4.78, 5) is 0. The van der Waals surface area contributed by atoms with E-state index in [9.17, 15) is 10.2 Å². The summed E-state index contributed by atoms with van der Waals surface area (Å²) in [6, 6.07) is 0. The summed E-state index contributed by atoms with van der Waals surface area (Å²) in [5.74, 6) is 0. The van der Waals surface area contributed by atoms with E-state index in [0.29, 0.717) is 6.42 Å². The molecule has 0 aromatic rings. The number of hydrogen-bond donors (Lipinski definition) is 2. The van der Waals surface area contributed by atoms with E-state index in [-0.39, 0.29) is 30.8 Å². The van der Waals surface area contributed by atoms with Gasteiger partial charge in [-0.1, -0.05) is 0 Å². The Morgan fingerprint density at radius 3 is 2.14 bits per heavy atom. The average molecular weight is 418 g/mol. The average Bonchev–Trinajstić information content (AvgIpc) is 2.68. The van der Waals surface area contributed by atoms with Gasteiger partial charge in [-0.3, -0.25) is 0 Å². The summed E-state index contributed by atoms with van der Waals surface area (Å²) in [6.45, 7) is 5.49. The van der Waals surface area contributed by atoms with Crippen molar-refractivity contribution in [3.05, 3.63) is 12.3 Å². The molecule has 0 saturated carbocycles. The van der Waals surface area contributed by atoms with Gasteiger partial charge in [0, 0.05) is 27.1 Å². The summed E-state index contributed by atoms with van der Waals surface area (Å²) in [5.41, 5.74) is 0. The van der Waals surface area contributed by atoms with Gasteiger partial charge >= 0.3 is 0 Å². The maximum absolute atomic E-state index is 10.7. The van der Waals surface area contributed by atoms with Crippen molar-refractivity contribution >= 4 is 0 Å². The molecule has 0 bridgehead atoms. The highest BCUT2D eigenvalue weighted by Crippen LogP contribution is 2.31. The molecule has 3 heterocycles. The molecule has 0 amide bonds. The first-order chi connectivity index (χ1) is 13.8. The molecule has 0 aromatic heterocycles. The zero-order valence-electron chi connectivity index (χ0n) is 17.7. The van der Waals surface area contributed by atoms with Gasteiger partial charge in [-0.05, 0) is 26.8 Å². The van der Waals surface area contributed by atoms with Gasteiger partial charge < -0.3 is 43.4 Å². The quantitative estimate of drug-likeness (QED) is 0.645. The van der Waals surface area contributed by atoms with E-state index in [1.54, 1.807) is 33.5 Å². The molecule has 0 aromatic carbocycles. The molecular formula is C20H34O9. The largest absolute Gasteiger partial charge is 0.496 e. The number of aliphatic hydroxyl groups excluding tert-OH is 2. The lowest BCUT2D eigenvalue weighted by molar-refractivity contribution is -0.322. The van der Waals surface area contributed by atoms with Crippen LogP contribution >= 0.6 is 0 Å². The third-order valence-corrected chi connectivity index (χ3v) is 5.84. The maximum Gasteiger partial charge on any atom is 0.161 e. The monoisotopic (exact) mass is 418 g/mol. The third-order valence-electron chi connectivity index (χ3n) is 5.84. The first-order valence-corrected chi connectivity index (χ1v) is 10.2. The fraction of sp³-hybridized carbons (Fsp3) is 0.900. The van der Waals surface area contributed by atoms with Crippen LogP contribution < -0.4 is 0 Å². The second kappa shape index (κ2) is 10.0. The van der Waals surface area contributed by atoms with Gasteiger partial charge in [0.1, 0.15) is 30.5 Å². The Labute approximate surface area is 171 Å². The van der Waals surface area contributed by atoms with E-state index < -0.39 is 43.1 Å². The van der Waals surface area contributed by atoms with Gasteiger partial charge in [0.05, 0.1) is 30.7 Å². The summed E-state index contributed by atoms with van der Waals surface area (Å²) in [5, 5.41) is 20.8. The van der Waals surface area contributed by atoms with Gasteiger partial charge in [-0.2, -0.15) is 0 Å². The van der Waals surface area contributed by atoms with E-state index in [1.807, 2.05) is 13.8 Å². The molecule has 0 aliphatic carbocycles. The Morgan fingerprint density at radius 1 is 0.828 bits per heavy atom. The van der Waals surface area contributed by atoms with Gasteiger partial charge in [0.2, 0.25) is 0 Å². The SMILES string of the molecule is COC1C=COC(C)C1OC1CC(O)C(OC2CC(OC)C(O)C(C)O2)C(C)O1. The summed E-state index contributed by atoms with van der Waals surface area (Å²) < 4.78 is 40.1. The van der Waals surface area contributed by atoms with Gasteiger partial charge in [-0.15, -0.1) is 0 Å². The molecule has 3 aliphatic heterocycles. The minimum Gasteiger partial charge on any atom is -0.496 e. The first-order valence-electron chi connectivity index (χ1n) is 10.2. The number of rotatable bonds is 6. The van der Waals surface area contributed by atoms with Crippen LogP contribution in [0.15, 0.2) is 12.3 Å². The minimum atomic E-state index is -0.799. The van der Waals surface area contributed by atoms with Crippen molar-refractivity contribution in [1.29, 1.82) is 0 Å². The van der Waals surface area contributed by atoms with Crippen molar-refractivity contribution in [2.75, 3.05) is 14.2 Å². The third kappa shape index (κ3) is 5.29. The Bertz CT molecular complexity index is 532. The van der Waals surface area contributed by atoms with Crippen LogP contribution in [0.3, 0.4) is 0 Å². The maximum atomic E-state index is 10.7. The number of methoxy groups -OCH3 is 2. The Balaban J connectivity index is 1.56. The lowest BCUT2D eigenvalue weighted by Gasteiger charge is -2.44. The molecule has 2 saturated heterocycles. The first kappa shape index (κ1) is 22.9. The van der Waals surface area contributed by atoms with E-state index in [4.69, 9.17) is 33.2 Å². The molecule has 0 radical (unpaired) electrons. The minimum absolute atomic E-state index is 0.204. The highest BCUT2D eigenvalue weighted by molar-refractivity contribution is 4.98. The van der Waals surface area contributed by atoms with Crippen LogP contribution in [0.1, 0.15) is 33.6 Å². The van der Waals surface area contributed by atoms with E-state index in [2.05, 4.69) is 0 Å². The topological polar surface area (TPSA) is 105 Å². The van der Waals surface area contributed by atoms with Crippen LogP contribution in [0.4, 0.5) is 0 Å². The van der Waals surface area contributed by atoms with Crippen molar-refractivity contribution in [3.63, 3.8) is 0 Å². The highest BCUT2D eigenvalue weighted by atomic mass is 16.7. The fourth-order valence-corrected chi connectivity index (χ4v) is 4.09. The normalized spacial score (nSPS) is 48.3. The highest BCUT2D eigenvalue weighted by Gasteiger charge is 2.43. The van der Waals surface area contributed by atoms with Gasteiger partial charge in [0.25, 0.3) is 0 Å². The van der Waals surface area contributed by atoms with Crippen LogP contribution in [0.2, 0.25) is 0 Å². The second-order valence-electron chi connectivity index (χ2n) is 7.92. The number of hydrogen-bond acceptors (Lipinski definition) is 9. The molecule has 3 aliphatic rings. The van der Waals surface area contributed by atoms with E-state index in [1.165, 1.54) is 0 Å². The molecule has 3 rings (SSSR count). The molecule has 29 heavy (non-hydrogen) atoms. The summed E-state index contributed by atoms with van der Waals surface area (Å²) in [6.07, 6.45) is -1.34. The standard InChI is InChI=1S/C20H34O9/c1-10-18(22)15(24-5)9-17(26-10)28-19-12(3)27-16(8-13(19)21)29-20-11(2)25-7-6-14(20)23-4/h6-7,10-22H,8-9H2,1-5H3. The Morgan fingerprint density at radius 2 is 1.48 bits per heavy atom. The van der Waals surface area contributed by atoms with Crippen molar-refractivity contribution in [2.45, 2.75) is 101 Å². The zero-order valence-corrected chi connectivity index (χ0v) is 17.7. The molecular weight excluding hydrogens is 384 g/mol. The molecule has 168 valence electrons. The van der Waals surface area contributed by atoms with Crippen molar-refractivity contribution in [3.8, 4) is 0 Å². The summed E-state index contributed by atoms with van der Waals surface area (Å²) in [7, 11) is 3.16. The molecule has 11 atom stereocenters. The van der Waals surface area contributed by atoms with E-state index >= 15 is 0 Å². The van der Waals surface area contributed by atoms with Crippen molar-refractivity contribution in [1.82, 2.24) is 0 Å². The fourth-order valence-electron chi connectivity index (χ4n) is 4.09. The van der Waals surface area contributed by atoms with Crippen LogP contribution in [0.5, 0.6) is 0 Å². The summed E-state index contributed by atoms with van der Waals surface area (Å²) >= 11 is 0. The van der Waals surface area contributed by atoms with Crippen LogP contribution in [-0.2, 0) is 33.2 Å². The molecule has 2 fully saturated rings. The van der Waals surface area contributed by atoms with Gasteiger partial charge in [-0.25, -0.2) is 0 Å². The van der Waals surface area contributed by atoms with E-state index in [0.717, 1.165) is 0 Å². The smallest absolute Gasteiger partial charge is 0.161 e. The Kier molecular flexibility index (Phi) is 7.91. The molecule has 9 heteroatoms. The van der Waals surface area contributed by atoms with Crippen molar-refractivity contribution in [2.24, 2.45) is 0 Å². The molecule has 11 unspecified atom stereocenters. The Hall–Kier alpha value is -0.780. The number of ether oxygens (including phenoxy) is 7. The van der Waals surface area contributed by atoms with Crippen LogP contribution in [-0.4, -0.2) is 91.9 Å². The lowest BCUT2D eigenvalue weighted by Crippen LogP contribution is -2.55. The molecule has 2 N–H and O–H groups in total. The zero-order chi connectivity index (χ0) is 21.1. The van der Waals surface area contributed by atoms with Gasteiger partial charge in [0.15, 0.2) is 12.6 Å². The molecule has 0 spiro atoms. The second-order valence-corrected chi connectivity index (χ2v) is 7.92. The van der Waals surface area contributed by atoms with Crippen LogP contribution in [0, 0.1) is 0 Å². The lowest BCUT2D eigenvalue weighted by atomic mass is 10.00. The molecule has 9 nitrogen and oxygen atoms in total. The number of aliphatic hydroxyl groups is 2. The van der Waals surface area contributed by atoms with Crippen molar-refractivity contribution < 1.29 is 43.4 Å². The predicted molar refractivity (Wildman–Crippen MR) is 101 cm³/mol.